The van der Waals surface area contributed by atoms with Crippen LogP contribution in [0, 0.1) is 5.82 Å². The van der Waals surface area contributed by atoms with Crippen LogP contribution in [0.4, 0.5) is 4.39 Å². The Morgan fingerprint density at radius 1 is 1.24 bits per heavy atom. The maximum Gasteiger partial charge on any atom is 0.145 e. The number of halogens is 2. The largest absolute Gasteiger partial charge is 0.310 e. The van der Waals surface area contributed by atoms with Crippen LogP contribution in [-0.2, 0) is 12.8 Å². The van der Waals surface area contributed by atoms with Gasteiger partial charge in [0, 0.05) is 18.4 Å². The number of hydrogen-bond acceptors (Lipinski definition) is 2. The minimum Gasteiger partial charge on any atom is -0.310 e. The Hall–Kier alpha value is -1.45. The number of likely N-dealkylation sites (N-methyl/N-ethyl adjacent to an activating group) is 1. The highest BCUT2D eigenvalue weighted by molar-refractivity contribution is 6.30. The first-order chi connectivity index (χ1) is 10.2. The molecule has 0 spiro atoms. The summed E-state index contributed by atoms with van der Waals surface area (Å²) in [7, 11) is 0. The molecule has 0 saturated carbocycles. The normalized spacial score (nSPS) is 12.4. The van der Waals surface area contributed by atoms with Crippen LogP contribution in [0.3, 0.4) is 0 Å². The molecule has 0 amide bonds. The lowest BCUT2D eigenvalue weighted by atomic mass is 9.95. The van der Waals surface area contributed by atoms with Gasteiger partial charge in [-0.3, -0.25) is 4.98 Å². The van der Waals surface area contributed by atoms with Gasteiger partial charge < -0.3 is 5.32 Å². The second-order valence-corrected chi connectivity index (χ2v) is 5.36. The fourth-order valence-electron chi connectivity index (χ4n) is 2.54. The predicted molar refractivity (Wildman–Crippen MR) is 85.1 cm³/mol. The molecule has 4 heteroatoms. The van der Waals surface area contributed by atoms with Gasteiger partial charge in [-0.1, -0.05) is 37.6 Å². The molecule has 1 N–H and O–H groups in total. The first-order valence-electron chi connectivity index (χ1n) is 7.26. The second kappa shape index (κ2) is 7.53. The van der Waals surface area contributed by atoms with E-state index in [1.54, 1.807) is 24.4 Å². The van der Waals surface area contributed by atoms with E-state index in [0.717, 1.165) is 13.0 Å². The van der Waals surface area contributed by atoms with Crippen molar-refractivity contribution >= 4 is 11.6 Å². The molecule has 0 fully saturated rings. The van der Waals surface area contributed by atoms with Crippen molar-refractivity contribution in [2.75, 3.05) is 6.54 Å². The molecule has 0 aliphatic carbocycles. The lowest BCUT2D eigenvalue weighted by Crippen LogP contribution is -2.24. The van der Waals surface area contributed by atoms with Gasteiger partial charge in [0.2, 0.25) is 0 Å². The SMILES string of the molecule is CCNC(Cc1cccc(Cl)c1F)c1ccncc1CC. The molecule has 2 aromatic rings. The molecule has 2 nitrogen and oxygen atoms in total. The fraction of sp³-hybridized carbons (Fsp3) is 0.353. The average Bonchev–Trinajstić information content (AvgIpc) is 2.51. The van der Waals surface area contributed by atoms with Gasteiger partial charge in [-0.05, 0) is 48.2 Å². The Labute approximate surface area is 130 Å². The van der Waals surface area contributed by atoms with Gasteiger partial charge in [0.1, 0.15) is 5.82 Å². The molecule has 0 bridgehead atoms. The Morgan fingerprint density at radius 3 is 2.76 bits per heavy atom. The zero-order valence-electron chi connectivity index (χ0n) is 12.4. The summed E-state index contributed by atoms with van der Waals surface area (Å²) in [4.78, 5) is 4.17. The molecule has 2 rings (SSSR count). The molecule has 1 atom stereocenters. The van der Waals surface area contributed by atoms with Gasteiger partial charge in [0.15, 0.2) is 0 Å². The summed E-state index contributed by atoms with van der Waals surface area (Å²) in [6, 6.07) is 7.22. The van der Waals surface area contributed by atoms with Crippen LogP contribution < -0.4 is 5.32 Å². The number of nitrogens with one attached hydrogen (secondary N) is 1. The summed E-state index contributed by atoms with van der Waals surface area (Å²) < 4.78 is 14.1. The molecule has 112 valence electrons. The molecule has 1 heterocycles. The smallest absolute Gasteiger partial charge is 0.145 e. The third-order valence-electron chi connectivity index (χ3n) is 3.60. The predicted octanol–water partition coefficient (Wildman–Crippen LogP) is 4.33. The number of aryl methyl sites for hydroxylation is 1. The lowest BCUT2D eigenvalue weighted by Gasteiger charge is -2.21. The summed E-state index contributed by atoms with van der Waals surface area (Å²) in [5.41, 5.74) is 2.99. The van der Waals surface area contributed by atoms with Crippen molar-refractivity contribution in [1.82, 2.24) is 10.3 Å². The first-order valence-corrected chi connectivity index (χ1v) is 7.64. The molecule has 21 heavy (non-hydrogen) atoms. The van der Waals surface area contributed by atoms with Crippen molar-refractivity contribution in [2.24, 2.45) is 0 Å². The summed E-state index contributed by atoms with van der Waals surface area (Å²) in [6.45, 7) is 4.97. The molecule has 0 saturated heterocycles. The zero-order chi connectivity index (χ0) is 15.2. The van der Waals surface area contributed by atoms with Crippen LogP contribution in [0.5, 0.6) is 0 Å². The second-order valence-electron chi connectivity index (χ2n) is 4.96. The standard InChI is InChI=1S/C17H20ClFN2/c1-3-12-11-20-9-8-14(12)16(21-4-2)10-13-6-5-7-15(18)17(13)19/h5-9,11,16,21H,3-4,10H2,1-2H3. The van der Waals surface area contributed by atoms with Crippen LogP contribution in [-0.4, -0.2) is 11.5 Å². The van der Waals surface area contributed by atoms with Crippen molar-refractivity contribution < 1.29 is 4.39 Å². The van der Waals surface area contributed by atoms with Gasteiger partial charge >= 0.3 is 0 Å². The third-order valence-corrected chi connectivity index (χ3v) is 3.90. The maximum absolute atomic E-state index is 14.1. The number of rotatable bonds is 6. The van der Waals surface area contributed by atoms with Crippen molar-refractivity contribution in [1.29, 1.82) is 0 Å². The van der Waals surface area contributed by atoms with E-state index in [4.69, 9.17) is 11.6 Å². The fourth-order valence-corrected chi connectivity index (χ4v) is 2.73. The van der Waals surface area contributed by atoms with E-state index in [0.29, 0.717) is 12.0 Å². The summed E-state index contributed by atoms with van der Waals surface area (Å²) in [5, 5.41) is 3.61. The first kappa shape index (κ1) is 15.9. The minimum atomic E-state index is -0.325. The molecular weight excluding hydrogens is 287 g/mol. The Morgan fingerprint density at radius 2 is 2.05 bits per heavy atom. The Kier molecular flexibility index (Phi) is 5.71. The molecule has 0 aliphatic heterocycles. The van der Waals surface area contributed by atoms with Crippen molar-refractivity contribution in [3.05, 3.63) is 64.2 Å². The van der Waals surface area contributed by atoms with Gasteiger partial charge in [0.25, 0.3) is 0 Å². The number of aromatic nitrogens is 1. The van der Waals surface area contributed by atoms with E-state index < -0.39 is 0 Å². The number of pyridine rings is 1. The molecule has 1 aromatic heterocycles. The molecule has 1 aromatic carbocycles. The Bertz CT molecular complexity index is 601. The van der Waals surface area contributed by atoms with Crippen LogP contribution in [0.25, 0.3) is 0 Å². The van der Waals surface area contributed by atoms with Gasteiger partial charge in [-0.25, -0.2) is 4.39 Å². The van der Waals surface area contributed by atoms with Gasteiger partial charge in [-0.15, -0.1) is 0 Å². The van der Waals surface area contributed by atoms with E-state index in [9.17, 15) is 4.39 Å². The number of benzene rings is 1. The van der Waals surface area contributed by atoms with Crippen molar-refractivity contribution in [3.8, 4) is 0 Å². The highest BCUT2D eigenvalue weighted by atomic mass is 35.5. The van der Waals surface area contributed by atoms with Crippen LogP contribution >= 0.6 is 11.6 Å². The van der Waals surface area contributed by atoms with E-state index in [-0.39, 0.29) is 16.9 Å². The van der Waals surface area contributed by atoms with Gasteiger partial charge in [0.05, 0.1) is 5.02 Å². The maximum atomic E-state index is 14.1. The van der Waals surface area contributed by atoms with Crippen LogP contribution in [0.1, 0.15) is 36.6 Å². The number of hydrogen-bond donors (Lipinski definition) is 1. The average molecular weight is 307 g/mol. The molecule has 0 radical (unpaired) electrons. The van der Waals surface area contributed by atoms with E-state index >= 15 is 0 Å². The zero-order valence-corrected chi connectivity index (χ0v) is 13.1. The monoisotopic (exact) mass is 306 g/mol. The topological polar surface area (TPSA) is 24.9 Å². The van der Waals surface area contributed by atoms with Crippen LogP contribution in [0.2, 0.25) is 5.02 Å². The summed E-state index contributed by atoms with van der Waals surface area (Å²) in [5.74, 6) is -0.325. The van der Waals surface area contributed by atoms with Crippen molar-refractivity contribution in [2.45, 2.75) is 32.7 Å². The molecule has 1 unspecified atom stereocenters. The van der Waals surface area contributed by atoms with E-state index in [1.807, 2.05) is 19.2 Å². The highest BCUT2D eigenvalue weighted by Crippen LogP contribution is 2.25. The molecule has 0 aliphatic rings. The van der Waals surface area contributed by atoms with Crippen LogP contribution in [0.15, 0.2) is 36.7 Å². The highest BCUT2D eigenvalue weighted by Gasteiger charge is 2.17. The van der Waals surface area contributed by atoms with Crippen molar-refractivity contribution in [3.63, 3.8) is 0 Å². The Balaban J connectivity index is 2.33. The lowest BCUT2D eigenvalue weighted by molar-refractivity contribution is 0.524. The van der Waals surface area contributed by atoms with E-state index in [1.165, 1.54) is 11.1 Å². The van der Waals surface area contributed by atoms with Gasteiger partial charge in [-0.2, -0.15) is 0 Å². The third kappa shape index (κ3) is 3.80. The van der Waals surface area contributed by atoms with E-state index in [2.05, 4.69) is 17.2 Å². The summed E-state index contributed by atoms with van der Waals surface area (Å²) >= 11 is 5.87. The molecular formula is C17H20ClFN2. The summed E-state index contributed by atoms with van der Waals surface area (Å²) in [6.07, 6.45) is 5.14. The number of nitrogens with zero attached hydrogens (tertiary/aromatic N) is 1. The minimum absolute atomic E-state index is 0.0564. The quantitative estimate of drug-likeness (QED) is 0.859.